The van der Waals surface area contributed by atoms with Crippen molar-refractivity contribution in [2.45, 2.75) is 0 Å². The largest absolute Gasteiger partial charge is 0.508 e. The van der Waals surface area contributed by atoms with Crippen LogP contribution in [0.15, 0.2) is 42.5 Å². The third-order valence-electron chi connectivity index (χ3n) is 2.34. The third kappa shape index (κ3) is 3.20. The zero-order valence-electron chi connectivity index (χ0n) is 9.34. The van der Waals surface area contributed by atoms with Gasteiger partial charge in [0.15, 0.2) is 0 Å². The van der Waals surface area contributed by atoms with Crippen LogP contribution in [0.4, 0.5) is 5.69 Å². The molecule has 18 heavy (non-hydrogen) atoms. The number of halogens is 1. The molecule has 0 spiro atoms. The van der Waals surface area contributed by atoms with Crippen LogP contribution in [0.1, 0.15) is 0 Å². The van der Waals surface area contributed by atoms with Gasteiger partial charge in [-0.2, -0.15) is 0 Å². The molecule has 0 bridgehead atoms. The number of benzene rings is 2. The van der Waals surface area contributed by atoms with Gasteiger partial charge in [0.05, 0.1) is 9.95 Å². The number of phenols is 1. The molecule has 0 aliphatic rings. The summed E-state index contributed by atoms with van der Waals surface area (Å²) in [6, 6.07) is 10.8. The average Bonchev–Trinajstić information content (AvgIpc) is 2.30. The van der Waals surface area contributed by atoms with E-state index in [-0.39, 0.29) is 39.1 Å². The maximum Gasteiger partial charge on any atom is 0.270 e. The van der Waals surface area contributed by atoms with Crippen LogP contribution in [0.2, 0.25) is 5.02 Å². The van der Waals surface area contributed by atoms with E-state index in [4.69, 9.17) is 16.7 Å². The van der Waals surface area contributed by atoms with Gasteiger partial charge < -0.3 is 5.11 Å². The fourth-order valence-electron chi connectivity index (χ4n) is 1.49. The molecule has 2 aromatic rings. The molecule has 0 aliphatic heterocycles. The molecule has 0 heterocycles. The Kier molecular flexibility index (Phi) is 5.10. The number of non-ortho nitro benzene ring substituents is 1. The molecule has 0 saturated carbocycles. The van der Waals surface area contributed by atoms with Crippen molar-refractivity contribution < 1.29 is 37.7 Å². The SMILES string of the molecule is O=[N+]([O-])c1ccc(-c2ccc(O)cc2)c(Cl)c1.[Hg]. The zero-order chi connectivity index (χ0) is 12.4. The predicted octanol–water partition coefficient (Wildman–Crippen LogP) is 3.62. The summed E-state index contributed by atoms with van der Waals surface area (Å²) >= 11 is 5.98. The Morgan fingerprint density at radius 3 is 2.22 bits per heavy atom. The van der Waals surface area contributed by atoms with Gasteiger partial charge in [-0.1, -0.05) is 23.7 Å². The van der Waals surface area contributed by atoms with E-state index in [1.807, 2.05) is 0 Å². The van der Waals surface area contributed by atoms with E-state index in [0.717, 1.165) is 5.56 Å². The maximum atomic E-state index is 10.6. The summed E-state index contributed by atoms with van der Waals surface area (Å²) in [6.45, 7) is 0. The minimum atomic E-state index is -0.494. The minimum Gasteiger partial charge on any atom is -0.508 e. The molecule has 1 N–H and O–H groups in total. The Balaban J connectivity index is 0.00000162. The first kappa shape index (κ1) is 14.9. The van der Waals surface area contributed by atoms with Gasteiger partial charge in [0, 0.05) is 45.4 Å². The molecule has 6 heteroatoms. The molecule has 2 rings (SSSR count). The first-order chi connectivity index (χ1) is 8.08. The first-order valence-corrected chi connectivity index (χ1v) is 5.19. The number of phenolic OH excluding ortho intramolecular Hbond substituents is 1. The van der Waals surface area contributed by atoms with Gasteiger partial charge in [0.25, 0.3) is 5.69 Å². The molecule has 88 valence electrons. The molecule has 0 radical (unpaired) electrons. The van der Waals surface area contributed by atoms with Crippen LogP contribution < -0.4 is 0 Å². The van der Waals surface area contributed by atoms with Gasteiger partial charge in [0.1, 0.15) is 5.75 Å². The molecular weight excluding hydrogens is 442 g/mol. The van der Waals surface area contributed by atoms with Crippen molar-refractivity contribution in [3.05, 3.63) is 57.6 Å². The second-order valence-corrected chi connectivity index (χ2v) is 3.88. The summed E-state index contributed by atoms with van der Waals surface area (Å²) < 4.78 is 0. The van der Waals surface area contributed by atoms with Crippen molar-refractivity contribution >= 4 is 17.3 Å². The van der Waals surface area contributed by atoms with Gasteiger partial charge in [-0.15, -0.1) is 0 Å². The molecule has 0 atom stereocenters. The van der Waals surface area contributed by atoms with E-state index in [1.165, 1.54) is 24.3 Å². The van der Waals surface area contributed by atoms with Crippen LogP contribution in [0.5, 0.6) is 5.75 Å². The van der Waals surface area contributed by atoms with E-state index >= 15 is 0 Å². The summed E-state index contributed by atoms with van der Waals surface area (Å²) in [4.78, 5) is 10.1. The van der Waals surface area contributed by atoms with Crippen LogP contribution in [0.3, 0.4) is 0 Å². The average molecular weight is 450 g/mol. The number of nitro groups is 1. The molecule has 0 unspecified atom stereocenters. The number of rotatable bonds is 2. The topological polar surface area (TPSA) is 63.4 Å². The van der Waals surface area contributed by atoms with Crippen molar-refractivity contribution in [3.63, 3.8) is 0 Å². The number of hydrogen-bond acceptors (Lipinski definition) is 3. The molecule has 0 fully saturated rings. The molecule has 0 aromatic heterocycles. The Morgan fingerprint density at radius 2 is 1.72 bits per heavy atom. The van der Waals surface area contributed by atoms with Crippen molar-refractivity contribution in [2.24, 2.45) is 0 Å². The molecule has 2 aromatic carbocycles. The van der Waals surface area contributed by atoms with Gasteiger partial charge in [-0.3, -0.25) is 10.1 Å². The Bertz CT molecular complexity index is 572. The van der Waals surface area contributed by atoms with Gasteiger partial charge in [0.2, 0.25) is 0 Å². The molecule has 4 nitrogen and oxygen atoms in total. The van der Waals surface area contributed by atoms with Gasteiger partial charge in [-0.05, 0) is 23.8 Å². The summed E-state index contributed by atoms with van der Waals surface area (Å²) in [5, 5.41) is 20.0. The Labute approximate surface area is 129 Å². The van der Waals surface area contributed by atoms with E-state index in [2.05, 4.69) is 0 Å². The standard InChI is InChI=1S/C12H8ClNO3.Hg/c13-12-7-9(14(16)17)3-6-11(12)8-1-4-10(15)5-2-8;/h1-7,15H;. The van der Waals surface area contributed by atoms with Gasteiger partial charge >= 0.3 is 0 Å². The van der Waals surface area contributed by atoms with E-state index in [1.54, 1.807) is 18.2 Å². The summed E-state index contributed by atoms with van der Waals surface area (Å²) in [6.07, 6.45) is 0. The monoisotopic (exact) mass is 451 g/mol. The van der Waals surface area contributed by atoms with Crippen LogP contribution >= 0.6 is 11.6 Å². The van der Waals surface area contributed by atoms with Crippen molar-refractivity contribution in [2.75, 3.05) is 0 Å². The summed E-state index contributed by atoms with van der Waals surface area (Å²) in [5.74, 6) is 0.159. The summed E-state index contributed by atoms with van der Waals surface area (Å²) in [7, 11) is 0. The molecular formula is C12H8ClHgNO3. The second-order valence-electron chi connectivity index (χ2n) is 3.47. The normalized spacial score (nSPS) is 9.61. The summed E-state index contributed by atoms with van der Waals surface area (Å²) in [5.41, 5.74) is 1.44. The fourth-order valence-corrected chi connectivity index (χ4v) is 1.78. The molecule has 0 amide bonds. The van der Waals surface area contributed by atoms with E-state index < -0.39 is 4.92 Å². The van der Waals surface area contributed by atoms with Crippen LogP contribution in [-0.4, -0.2) is 10.0 Å². The van der Waals surface area contributed by atoms with Crippen molar-refractivity contribution in [1.82, 2.24) is 0 Å². The van der Waals surface area contributed by atoms with E-state index in [9.17, 15) is 10.1 Å². The number of nitrogens with zero attached hydrogens (tertiary/aromatic N) is 1. The smallest absolute Gasteiger partial charge is 0.270 e. The minimum absolute atomic E-state index is 0. The second kappa shape index (κ2) is 6.16. The van der Waals surface area contributed by atoms with Crippen LogP contribution in [0.25, 0.3) is 11.1 Å². The van der Waals surface area contributed by atoms with Crippen LogP contribution in [0, 0.1) is 10.1 Å². The third-order valence-corrected chi connectivity index (χ3v) is 2.65. The quantitative estimate of drug-likeness (QED) is 0.432. The predicted molar refractivity (Wildman–Crippen MR) is 65.2 cm³/mol. The Hall–Kier alpha value is -1.13. The number of hydrogen-bond donors (Lipinski definition) is 1. The first-order valence-electron chi connectivity index (χ1n) is 4.81. The molecule has 0 saturated heterocycles. The van der Waals surface area contributed by atoms with Crippen molar-refractivity contribution in [3.8, 4) is 16.9 Å². The van der Waals surface area contributed by atoms with Gasteiger partial charge in [-0.25, -0.2) is 0 Å². The molecule has 0 aliphatic carbocycles. The zero-order valence-corrected chi connectivity index (χ0v) is 15.6. The van der Waals surface area contributed by atoms with Crippen molar-refractivity contribution in [1.29, 1.82) is 0 Å². The number of aromatic hydroxyl groups is 1. The van der Waals surface area contributed by atoms with Crippen LogP contribution in [-0.2, 0) is 27.7 Å². The maximum absolute atomic E-state index is 10.6. The van der Waals surface area contributed by atoms with E-state index in [0.29, 0.717) is 10.6 Å². The number of nitro benzene ring substituents is 1. The fraction of sp³-hybridized carbons (Fsp3) is 0. The Morgan fingerprint density at radius 1 is 1.11 bits per heavy atom.